The van der Waals surface area contributed by atoms with E-state index in [0.717, 1.165) is 43.8 Å². The Kier molecular flexibility index (Phi) is 6.94. The first-order valence-electron chi connectivity index (χ1n) is 13.5. The molecule has 0 saturated carbocycles. The van der Waals surface area contributed by atoms with Gasteiger partial charge < -0.3 is 25.6 Å². The Labute approximate surface area is 235 Å². The highest BCUT2D eigenvalue weighted by atomic mass is 32.1. The van der Waals surface area contributed by atoms with Crippen LogP contribution in [0.5, 0.6) is 6.01 Å². The standard InChI is InChI=1S/C29H31F2N7OS/c1-15-11-19-25(24(31)22(15)18-6-7-21(30)26-23(18)20(12-32)27(33)40-26)35-29(39-14-17-5-4-9-37(17)3)36-28(19)38-10-8-34-13-16(38)2/h6-7,11,16-17,34H,4-5,8-10,13-14,33H2,1-3H3/t16-,17-/m0/s1. The van der Waals surface area contributed by atoms with Gasteiger partial charge in [-0.25, -0.2) is 8.78 Å². The summed E-state index contributed by atoms with van der Waals surface area (Å²) in [6.07, 6.45) is 2.13. The van der Waals surface area contributed by atoms with Gasteiger partial charge >= 0.3 is 6.01 Å². The van der Waals surface area contributed by atoms with Crippen LogP contribution in [0.15, 0.2) is 18.2 Å². The van der Waals surface area contributed by atoms with Crippen LogP contribution in [0.25, 0.3) is 32.1 Å². The zero-order valence-corrected chi connectivity index (χ0v) is 23.5. The number of halogens is 2. The average Bonchev–Trinajstić information content (AvgIpc) is 3.51. The number of anilines is 2. The summed E-state index contributed by atoms with van der Waals surface area (Å²) in [5, 5.41) is 14.3. The number of nitrogen functional groups attached to an aromatic ring is 1. The molecule has 8 nitrogen and oxygen atoms in total. The molecule has 2 aromatic carbocycles. The number of rotatable bonds is 5. The van der Waals surface area contributed by atoms with Gasteiger partial charge in [0.15, 0.2) is 5.82 Å². The third kappa shape index (κ3) is 4.40. The smallest absolute Gasteiger partial charge is 0.319 e. The van der Waals surface area contributed by atoms with E-state index in [1.165, 1.54) is 12.1 Å². The molecule has 3 N–H and O–H groups in total. The Morgan fingerprint density at radius 2 is 2.10 bits per heavy atom. The van der Waals surface area contributed by atoms with Crippen LogP contribution in [0, 0.1) is 29.9 Å². The molecule has 11 heteroatoms. The molecule has 40 heavy (non-hydrogen) atoms. The Hall–Kier alpha value is -3.59. The van der Waals surface area contributed by atoms with Crippen molar-refractivity contribution >= 4 is 43.1 Å². The maximum Gasteiger partial charge on any atom is 0.319 e. The van der Waals surface area contributed by atoms with Crippen molar-refractivity contribution < 1.29 is 13.5 Å². The molecule has 0 aliphatic carbocycles. The van der Waals surface area contributed by atoms with Gasteiger partial charge in [0.1, 0.15) is 34.8 Å². The van der Waals surface area contributed by atoms with E-state index in [4.69, 9.17) is 15.5 Å². The number of likely N-dealkylation sites (tertiary alicyclic amines) is 1. The van der Waals surface area contributed by atoms with Crippen molar-refractivity contribution in [1.29, 1.82) is 5.26 Å². The fourth-order valence-corrected chi connectivity index (χ4v) is 6.91. The maximum absolute atomic E-state index is 16.7. The Morgan fingerprint density at radius 1 is 1.27 bits per heavy atom. The summed E-state index contributed by atoms with van der Waals surface area (Å²) in [5.74, 6) is -0.435. The van der Waals surface area contributed by atoms with Gasteiger partial charge in [0, 0.05) is 48.1 Å². The lowest BCUT2D eigenvalue weighted by molar-refractivity contribution is 0.188. The van der Waals surface area contributed by atoms with Crippen molar-refractivity contribution in [2.45, 2.75) is 38.8 Å². The molecule has 208 valence electrons. The fraction of sp³-hybridized carbons (Fsp3) is 0.414. The van der Waals surface area contributed by atoms with Crippen LogP contribution >= 0.6 is 11.3 Å². The van der Waals surface area contributed by atoms with Gasteiger partial charge in [-0.15, -0.1) is 11.3 Å². The van der Waals surface area contributed by atoms with Gasteiger partial charge in [0.05, 0.1) is 10.3 Å². The van der Waals surface area contributed by atoms with E-state index >= 15 is 4.39 Å². The third-order valence-electron chi connectivity index (χ3n) is 8.14. The normalized spacial score (nSPS) is 19.9. The molecule has 6 rings (SSSR count). The second-order valence-corrected chi connectivity index (χ2v) is 11.7. The number of aromatic nitrogens is 2. The molecule has 4 aromatic rings. The van der Waals surface area contributed by atoms with Gasteiger partial charge in [0.25, 0.3) is 0 Å². The highest BCUT2D eigenvalue weighted by Crippen LogP contribution is 2.44. The van der Waals surface area contributed by atoms with E-state index in [1.807, 2.05) is 6.07 Å². The van der Waals surface area contributed by atoms with Crippen LogP contribution in [0.4, 0.5) is 19.6 Å². The number of nitrogens with zero attached hydrogens (tertiary/aromatic N) is 5. The van der Waals surface area contributed by atoms with Crippen molar-refractivity contribution in [3.05, 3.63) is 41.0 Å². The number of hydrogen-bond donors (Lipinski definition) is 2. The molecule has 2 atom stereocenters. The number of benzene rings is 2. The van der Waals surface area contributed by atoms with E-state index in [9.17, 15) is 9.65 Å². The number of piperazine rings is 1. The number of aryl methyl sites for hydroxylation is 1. The zero-order valence-electron chi connectivity index (χ0n) is 22.7. The van der Waals surface area contributed by atoms with Gasteiger partial charge in [-0.3, -0.25) is 0 Å². The predicted octanol–water partition coefficient (Wildman–Crippen LogP) is 4.82. The van der Waals surface area contributed by atoms with Crippen molar-refractivity contribution in [2.75, 3.05) is 50.5 Å². The summed E-state index contributed by atoms with van der Waals surface area (Å²) in [5.41, 5.74) is 7.63. The second-order valence-electron chi connectivity index (χ2n) is 10.7. The van der Waals surface area contributed by atoms with Crippen LogP contribution in [-0.4, -0.2) is 66.8 Å². The van der Waals surface area contributed by atoms with Crippen molar-refractivity contribution in [3.8, 4) is 23.2 Å². The first-order chi connectivity index (χ1) is 19.3. The number of thiophene rings is 1. The summed E-state index contributed by atoms with van der Waals surface area (Å²) >= 11 is 0.992. The van der Waals surface area contributed by atoms with Crippen LogP contribution in [0.1, 0.15) is 30.9 Å². The molecule has 2 aromatic heterocycles. The quantitative estimate of drug-likeness (QED) is 0.356. The van der Waals surface area contributed by atoms with Crippen molar-refractivity contribution in [2.24, 2.45) is 0 Å². The van der Waals surface area contributed by atoms with Crippen LogP contribution in [0.3, 0.4) is 0 Å². The minimum Gasteiger partial charge on any atom is -0.462 e. The summed E-state index contributed by atoms with van der Waals surface area (Å²) in [7, 11) is 2.07. The lowest BCUT2D eigenvalue weighted by atomic mass is 9.93. The van der Waals surface area contributed by atoms with Crippen molar-refractivity contribution in [3.63, 3.8) is 0 Å². The summed E-state index contributed by atoms with van der Waals surface area (Å²) in [6.45, 7) is 7.60. The first kappa shape index (κ1) is 26.6. The maximum atomic E-state index is 16.7. The number of ether oxygens (including phenoxy) is 1. The topological polar surface area (TPSA) is 103 Å². The summed E-state index contributed by atoms with van der Waals surface area (Å²) in [6, 6.07) is 7.27. The second kappa shape index (κ2) is 10.4. The van der Waals surface area contributed by atoms with E-state index in [0.29, 0.717) is 40.9 Å². The third-order valence-corrected chi connectivity index (χ3v) is 9.16. The highest BCUT2D eigenvalue weighted by molar-refractivity contribution is 7.23. The molecular weight excluding hydrogens is 532 g/mol. The van der Waals surface area contributed by atoms with Gasteiger partial charge in [-0.2, -0.15) is 15.2 Å². The Bertz CT molecular complexity index is 1670. The number of hydrogen-bond acceptors (Lipinski definition) is 9. The number of nitrogens with two attached hydrogens (primary N) is 1. The largest absolute Gasteiger partial charge is 0.462 e. The Morgan fingerprint density at radius 3 is 2.83 bits per heavy atom. The predicted molar refractivity (Wildman–Crippen MR) is 155 cm³/mol. The van der Waals surface area contributed by atoms with Gasteiger partial charge in [-0.1, -0.05) is 6.07 Å². The number of nitrogens with one attached hydrogen (secondary N) is 1. The molecule has 2 aliphatic heterocycles. The molecular formula is C29H31F2N7OS. The van der Waals surface area contributed by atoms with E-state index in [2.05, 4.69) is 40.1 Å². The average molecular weight is 564 g/mol. The van der Waals surface area contributed by atoms with E-state index < -0.39 is 11.6 Å². The fourth-order valence-electron chi connectivity index (χ4n) is 5.96. The molecule has 0 spiro atoms. The monoisotopic (exact) mass is 563 g/mol. The molecule has 2 fully saturated rings. The molecule has 2 saturated heterocycles. The van der Waals surface area contributed by atoms with Gasteiger partial charge in [0.2, 0.25) is 0 Å². The Balaban J connectivity index is 1.56. The molecule has 4 heterocycles. The zero-order chi connectivity index (χ0) is 28.1. The van der Waals surface area contributed by atoms with E-state index in [1.54, 1.807) is 6.92 Å². The minimum atomic E-state index is -0.564. The molecule has 0 unspecified atom stereocenters. The number of nitriles is 1. The van der Waals surface area contributed by atoms with Crippen LogP contribution < -0.4 is 20.7 Å². The molecule has 0 amide bonds. The molecule has 2 aliphatic rings. The lowest BCUT2D eigenvalue weighted by Crippen LogP contribution is -2.50. The molecule has 0 bridgehead atoms. The van der Waals surface area contributed by atoms with Crippen molar-refractivity contribution in [1.82, 2.24) is 20.2 Å². The minimum absolute atomic E-state index is 0.129. The molecule has 0 radical (unpaired) electrons. The van der Waals surface area contributed by atoms with Crippen LogP contribution in [-0.2, 0) is 0 Å². The summed E-state index contributed by atoms with van der Waals surface area (Å²) < 4.78 is 37.8. The summed E-state index contributed by atoms with van der Waals surface area (Å²) in [4.78, 5) is 13.8. The lowest BCUT2D eigenvalue weighted by Gasteiger charge is -2.35. The van der Waals surface area contributed by atoms with Gasteiger partial charge in [-0.05, 0) is 63.5 Å². The SMILES string of the molecule is Cc1cc2c(N3CCNC[C@@H]3C)nc(OC[C@@H]3CCCN3C)nc2c(F)c1-c1ccc(F)c2sc(N)c(C#N)c12. The van der Waals surface area contributed by atoms with E-state index in [-0.39, 0.29) is 44.4 Å². The number of fused-ring (bicyclic) bond motifs is 2. The first-order valence-corrected chi connectivity index (χ1v) is 14.3. The highest BCUT2D eigenvalue weighted by Gasteiger charge is 2.28. The number of likely N-dealkylation sites (N-methyl/N-ethyl adjacent to an activating group) is 1. The van der Waals surface area contributed by atoms with Crippen LogP contribution in [0.2, 0.25) is 0 Å².